The summed E-state index contributed by atoms with van der Waals surface area (Å²) in [6, 6.07) is 5.46. The van der Waals surface area contributed by atoms with E-state index < -0.39 is 0 Å². The number of carbonyl (C=O) groups is 1. The standard InChI is InChI=1S/C16H24N2O3/c1-18(2)11-5-10-17-16(19)9-6-13-12-14(20-3)7-8-15(13)21-4/h6-9,12H,5,10-11H2,1-4H3,(H,17,19)/b9-6+. The van der Waals surface area contributed by atoms with Gasteiger partial charge < -0.3 is 19.7 Å². The molecule has 0 unspecified atom stereocenters. The first kappa shape index (κ1) is 17.0. The maximum Gasteiger partial charge on any atom is 0.244 e. The molecule has 0 aliphatic carbocycles. The van der Waals surface area contributed by atoms with Gasteiger partial charge in [0.1, 0.15) is 11.5 Å². The number of nitrogens with zero attached hydrogens (tertiary/aromatic N) is 1. The molecule has 1 aromatic rings. The van der Waals surface area contributed by atoms with Gasteiger partial charge in [-0.05, 0) is 51.3 Å². The fraction of sp³-hybridized carbons (Fsp3) is 0.438. The minimum Gasteiger partial charge on any atom is -0.497 e. The van der Waals surface area contributed by atoms with Crippen LogP contribution in [-0.4, -0.2) is 52.2 Å². The van der Waals surface area contributed by atoms with Crippen LogP contribution in [-0.2, 0) is 4.79 Å². The highest BCUT2D eigenvalue weighted by atomic mass is 16.5. The molecule has 0 aliphatic heterocycles. The molecule has 0 atom stereocenters. The number of benzene rings is 1. The summed E-state index contributed by atoms with van der Waals surface area (Å²) in [5.74, 6) is 1.31. The van der Waals surface area contributed by atoms with Crippen LogP contribution in [0.15, 0.2) is 24.3 Å². The second kappa shape index (κ2) is 9.02. The molecule has 1 amide bonds. The van der Waals surface area contributed by atoms with Gasteiger partial charge in [-0.2, -0.15) is 0 Å². The molecule has 5 heteroatoms. The third kappa shape index (κ3) is 6.31. The van der Waals surface area contributed by atoms with Gasteiger partial charge in [0.05, 0.1) is 14.2 Å². The van der Waals surface area contributed by atoms with Crippen LogP contribution in [0, 0.1) is 0 Å². The van der Waals surface area contributed by atoms with Crippen molar-refractivity contribution in [3.8, 4) is 11.5 Å². The van der Waals surface area contributed by atoms with Gasteiger partial charge in [-0.25, -0.2) is 0 Å². The predicted octanol–water partition coefficient (Wildman–Crippen LogP) is 1.78. The van der Waals surface area contributed by atoms with Crippen molar-refractivity contribution >= 4 is 12.0 Å². The van der Waals surface area contributed by atoms with E-state index in [1.165, 1.54) is 6.08 Å². The van der Waals surface area contributed by atoms with Gasteiger partial charge in [-0.3, -0.25) is 4.79 Å². The van der Waals surface area contributed by atoms with Crippen molar-refractivity contribution in [2.24, 2.45) is 0 Å². The SMILES string of the molecule is COc1ccc(OC)c(/C=C/C(=O)NCCCN(C)C)c1. The second-order valence-corrected chi connectivity index (χ2v) is 4.89. The Balaban J connectivity index is 2.56. The molecule has 0 heterocycles. The fourth-order valence-electron chi connectivity index (χ4n) is 1.80. The predicted molar refractivity (Wildman–Crippen MR) is 84.8 cm³/mol. The van der Waals surface area contributed by atoms with E-state index in [0.29, 0.717) is 12.3 Å². The lowest BCUT2D eigenvalue weighted by molar-refractivity contribution is -0.116. The van der Waals surface area contributed by atoms with Crippen molar-refractivity contribution in [3.05, 3.63) is 29.8 Å². The van der Waals surface area contributed by atoms with E-state index in [-0.39, 0.29) is 5.91 Å². The average molecular weight is 292 g/mol. The summed E-state index contributed by atoms with van der Waals surface area (Å²) in [4.78, 5) is 13.8. The van der Waals surface area contributed by atoms with Crippen LogP contribution in [0.25, 0.3) is 6.08 Å². The lowest BCUT2D eigenvalue weighted by Gasteiger charge is -2.09. The van der Waals surface area contributed by atoms with Crippen LogP contribution in [0.1, 0.15) is 12.0 Å². The van der Waals surface area contributed by atoms with Gasteiger partial charge >= 0.3 is 0 Å². The highest BCUT2D eigenvalue weighted by Gasteiger charge is 2.03. The van der Waals surface area contributed by atoms with Crippen LogP contribution in [0.4, 0.5) is 0 Å². The van der Waals surface area contributed by atoms with Crippen molar-refractivity contribution in [1.82, 2.24) is 10.2 Å². The average Bonchev–Trinajstić information content (AvgIpc) is 2.48. The maximum absolute atomic E-state index is 11.7. The van der Waals surface area contributed by atoms with Crippen molar-refractivity contribution in [1.29, 1.82) is 0 Å². The third-order valence-corrected chi connectivity index (χ3v) is 2.93. The Hall–Kier alpha value is -2.01. The van der Waals surface area contributed by atoms with E-state index in [4.69, 9.17) is 9.47 Å². The molecule has 1 aromatic carbocycles. The zero-order chi connectivity index (χ0) is 15.7. The topological polar surface area (TPSA) is 50.8 Å². The Morgan fingerprint density at radius 1 is 1.29 bits per heavy atom. The van der Waals surface area contributed by atoms with E-state index in [1.807, 2.05) is 32.3 Å². The maximum atomic E-state index is 11.7. The Morgan fingerprint density at radius 2 is 2.05 bits per heavy atom. The molecule has 116 valence electrons. The summed E-state index contributed by atoms with van der Waals surface area (Å²) in [5, 5.41) is 2.85. The van der Waals surface area contributed by atoms with Crippen LogP contribution in [0.5, 0.6) is 11.5 Å². The molecule has 1 rings (SSSR count). The molecule has 0 spiro atoms. The highest BCUT2D eigenvalue weighted by molar-refractivity contribution is 5.92. The number of carbonyl (C=O) groups excluding carboxylic acids is 1. The largest absolute Gasteiger partial charge is 0.497 e. The van der Waals surface area contributed by atoms with Crippen LogP contribution in [0.3, 0.4) is 0 Å². The first-order valence-electron chi connectivity index (χ1n) is 6.89. The van der Waals surface area contributed by atoms with Crippen molar-refractivity contribution in [2.75, 3.05) is 41.4 Å². The number of methoxy groups -OCH3 is 2. The summed E-state index contributed by atoms with van der Waals surface area (Å²) in [6.07, 6.45) is 4.16. The minimum absolute atomic E-state index is 0.112. The summed E-state index contributed by atoms with van der Waals surface area (Å²) in [7, 11) is 7.22. The smallest absolute Gasteiger partial charge is 0.244 e. The zero-order valence-electron chi connectivity index (χ0n) is 13.2. The minimum atomic E-state index is -0.112. The molecule has 0 aliphatic rings. The van der Waals surface area contributed by atoms with Crippen LogP contribution >= 0.6 is 0 Å². The number of hydrogen-bond donors (Lipinski definition) is 1. The van der Waals surface area contributed by atoms with Gasteiger partial charge in [-0.1, -0.05) is 0 Å². The molecular formula is C16H24N2O3. The molecule has 0 saturated carbocycles. The Morgan fingerprint density at radius 3 is 2.67 bits per heavy atom. The molecule has 0 aromatic heterocycles. The van der Waals surface area contributed by atoms with Gasteiger partial charge in [0.25, 0.3) is 0 Å². The lowest BCUT2D eigenvalue weighted by atomic mass is 10.1. The number of nitrogens with one attached hydrogen (secondary N) is 1. The van der Waals surface area contributed by atoms with E-state index in [1.54, 1.807) is 20.3 Å². The third-order valence-electron chi connectivity index (χ3n) is 2.93. The second-order valence-electron chi connectivity index (χ2n) is 4.89. The lowest BCUT2D eigenvalue weighted by Crippen LogP contribution is -2.25. The van der Waals surface area contributed by atoms with Crippen molar-refractivity contribution < 1.29 is 14.3 Å². The Labute approximate surface area is 126 Å². The summed E-state index contributed by atoms with van der Waals surface area (Å²) in [6.45, 7) is 1.62. The van der Waals surface area contributed by atoms with E-state index >= 15 is 0 Å². The fourth-order valence-corrected chi connectivity index (χ4v) is 1.80. The zero-order valence-corrected chi connectivity index (χ0v) is 13.2. The molecule has 0 fully saturated rings. The number of ether oxygens (including phenoxy) is 2. The quantitative estimate of drug-likeness (QED) is 0.586. The van der Waals surface area contributed by atoms with Crippen molar-refractivity contribution in [2.45, 2.75) is 6.42 Å². The Bertz CT molecular complexity index is 484. The van der Waals surface area contributed by atoms with E-state index in [0.717, 1.165) is 24.3 Å². The number of hydrogen-bond acceptors (Lipinski definition) is 4. The van der Waals surface area contributed by atoms with Crippen molar-refractivity contribution in [3.63, 3.8) is 0 Å². The summed E-state index contributed by atoms with van der Waals surface area (Å²) >= 11 is 0. The highest BCUT2D eigenvalue weighted by Crippen LogP contribution is 2.24. The molecule has 0 radical (unpaired) electrons. The van der Waals surface area contributed by atoms with Crippen LogP contribution < -0.4 is 14.8 Å². The molecule has 21 heavy (non-hydrogen) atoms. The first-order chi connectivity index (χ1) is 10.1. The van der Waals surface area contributed by atoms with Gasteiger partial charge in [0.2, 0.25) is 5.91 Å². The normalized spacial score (nSPS) is 10.9. The van der Waals surface area contributed by atoms with Gasteiger partial charge in [-0.15, -0.1) is 0 Å². The van der Waals surface area contributed by atoms with Gasteiger partial charge in [0.15, 0.2) is 0 Å². The molecule has 0 saturated heterocycles. The molecule has 5 nitrogen and oxygen atoms in total. The van der Waals surface area contributed by atoms with E-state index in [9.17, 15) is 4.79 Å². The summed E-state index contributed by atoms with van der Waals surface area (Å²) < 4.78 is 10.4. The number of rotatable bonds is 8. The first-order valence-corrected chi connectivity index (χ1v) is 6.89. The Kier molecular flexibility index (Phi) is 7.32. The van der Waals surface area contributed by atoms with E-state index in [2.05, 4.69) is 10.2 Å². The molecule has 0 bridgehead atoms. The molecule has 1 N–H and O–H groups in total. The summed E-state index contributed by atoms with van der Waals surface area (Å²) in [5.41, 5.74) is 0.806. The van der Waals surface area contributed by atoms with Crippen LogP contribution in [0.2, 0.25) is 0 Å². The monoisotopic (exact) mass is 292 g/mol. The number of amides is 1. The molecular weight excluding hydrogens is 268 g/mol. The van der Waals surface area contributed by atoms with Gasteiger partial charge in [0, 0.05) is 18.2 Å².